The van der Waals surface area contributed by atoms with Crippen molar-refractivity contribution in [2.24, 2.45) is 0 Å². The third kappa shape index (κ3) is 3.30. The molecular formula is C22H26FN3O4. The molecule has 0 bridgehead atoms. The maximum absolute atomic E-state index is 14.7. The van der Waals surface area contributed by atoms with E-state index in [1.54, 1.807) is 30.5 Å². The van der Waals surface area contributed by atoms with Crippen molar-refractivity contribution in [3.8, 4) is 0 Å². The Morgan fingerprint density at radius 1 is 1.20 bits per heavy atom. The van der Waals surface area contributed by atoms with Crippen LogP contribution in [0.5, 0.6) is 0 Å². The van der Waals surface area contributed by atoms with E-state index in [0.29, 0.717) is 38.4 Å². The van der Waals surface area contributed by atoms with Gasteiger partial charge in [-0.15, -0.1) is 0 Å². The number of carbonyl (C=O) groups excluding carboxylic acids is 2. The van der Waals surface area contributed by atoms with Crippen molar-refractivity contribution in [1.82, 2.24) is 14.4 Å². The number of esters is 1. The van der Waals surface area contributed by atoms with E-state index in [4.69, 9.17) is 9.47 Å². The fourth-order valence-electron chi connectivity index (χ4n) is 4.22. The number of halogens is 1. The molecule has 2 aromatic rings. The third-order valence-electron chi connectivity index (χ3n) is 5.86. The Labute approximate surface area is 175 Å². The first kappa shape index (κ1) is 20.6. The summed E-state index contributed by atoms with van der Waals surface area (Å²) in [4.78, 5) is 28.2. The fourth-order valence-corrected chi connectivity index (χ4v) is 4.22. The second-order valence-corrected chi connectivity index (χ2v) is 7.94. The van der Waals surface area contributed by atoms with Gasteiger partial charge in [0.2, 0.25) is 0 Å². The summed E-state index contributed by atoms with van der Waals surface area (Å²) in [5.41, 5.74) is 1.97. The average Bonchev–Trinajstić information content (AvgIpc) is 3.02. The van der Waals surface area contributed by atoms with Crippen LogP contribution in [-0.4, -0.2) is 66.7 Å². The van der Waals surface area contributed by atoms with E-state index in [9.17, 15) is 14.0 Å². The number of hydrogen-bond acceptors (Lipinski definition) is 5. The van der Waals surface area contributed by atoms with Gasteiger partial charge >= 0.3 is 5.97 Å². The molecule has 1 aromatic heterocycles. The maximum atomic E-state index is 14.7. The summed E-state index contributed by atoms with van der Waals surface area (Å²) in [6.45, 7) is 4.57. The Balaban J connectivity index is 1.60. The summed E-state index contributed by atoms with van der Waals surface area (Å²) in [6, 6.07) is 8.99. The summed E-state index contributed by atoms with van der Waals surface area (Å²) in [7, 11) is 3.45. The average molecular weight is 415 g/mol. The van der Waals surface area contributed by atoms with Crippen molar-refractivity contribution in [3.63, 3.8) is 0 Å². The topological polar surface area (TPSA) is 64.0 Å². The monoisotopic (exact) mass is 415 g/mol. The van der Waals surface area contributed by atoms with Crippen LogP contribution >= 0.6 is 0 Å². The lowest BCUT2D eigenvalue weighted by molar-refractivity contribution is -0.162. The minimum atomic E-state index is -0.633. The van der Waals surface area contributed by atoms with Gasteiger partial charge in [-0.05, 0) is 30.7 Å². The van der Waals surface area contributed by atoms with E-state index >= 15 is 0 Å². The van der Waals surface area contributed by atoms with Crippen LogP contribution in [0.2, 0.25) is 0 Å². The molecule has 1 aromatic carbocycles. The number of benzene rings is 1. The number of aromatic nitrogens is 1. The summed E-state index contributed by atoms with van der Waals surface area (Å²) in [5.74, 6) is -1.22. The Bertz CT molecular complexity index is 964. The minimum absolute atomic E-state index is 0.00988. The second kappa shape index (κ2) is 7.85. The standard InChI is InChI=1S/C22H26FN3O4/c1-4-30-21(28)19-17(23)11-18-22(13-29-14-22)25(9-10-26(18)19)12-15-5-7-16(8-6-15)20(27)24(2)3/h5-8,11H,4,9-10,12-14H2,1-3H3. The maximum Gasteiger partial charge on any atom is 0.358 e. The lowest BCUT2D eigenvalue weighted by Crippen LogP contribution is -2.63. The van der Waals surface area contributed by atoms with Crippen LogP contribution in [0.1, 0.15) is 39.0 Å². The first-order chi connectivity index (χ1) is 14.4. The molecule has 2 aliphatic heterocycles. The number of carbonyl (C=O) groups is 2. The van der Waals surface area contributed by atoms with E-state index < -0.39 is 17.3 Å². The van der Waals surface area contributed by atoms with Gasteiger partial charge in [-0.2, -0.15) is 0 Å². The molecule has 0 N–H and O–H groups in total. The molecule has 1 amide bonds. The van der Waals surface area contributed by atoms with Crippen molar-refractivity contribution in [2.45, 2.75) is 25.6 Å². The zero-order valence-electron chi connectivity index (χ0n) is 17.5. The molecule has 8 heteroatoms. The van der Waals surface area contributed by atoms with Crippen LogP contribution < -0.4 is 0 Å². The highest BCUT2D eigenvalue weighted by atomic mass is 19.1. The van der Waals surface area contributed by atoms with Gasteiger partial charge in [0.15, 0.2) is 11.5 Å². The molecule has 0 radical (unpaired) electrons. The number of hydrogen-bond donors (Lipinski definition) is 0. The number of nitrogens with zero attached hydrogens (tertiary/aromatic N) is 3. The van der Waals surface area contributed by atoms with Crippen molar-refractivity contribution in [3.05, 3.63) is 58.7 Å². The summed E-state index contributed by atoms with van der Waals surface area (Å²) >= 11 is 0. The highest BCUT2D eigenvalue weighted by molar-refractivity contribution is 5.93. The van der Waals surface area contributed by atoms with Crippen molar-refractivity contribution in [2.75, 3.05) is 40.5 Å². The number of ether oxygens (including phenoxy) is 2. The van der Waals surface area contributed by atoms with E-state index in [-0.39, 0.29) is 18.2 Å². The molecule has 4 rings (SSSR count). The molecule has 160 valence electrons. The zero-order chi connectivity index (χ0) is 21.5. The Morgan fingerprint density at radius 2 is 1.90 bits per heavy atom. The summed E-state index contributed by atoms with van der Waals surface area (Å²) in [5, 5.41) is 0. The molecule has 30 heavy (non-hydrogen) atoms. The SMILES string of the molecule is CCOC(=O)c1c(F)cc2n1CCN(Cc1ccc(C(=O)N(C)C)cc1)C21COC1. The molecule has 7 nitrogen and oxygen atoms in total. The van der Waals surface area contributed by atoms with E-state index in [0.717, 1.165) is 11.3 Å². The van der Waals surface area contributed by atoms with Crippen LogP contribution in [0, 0.1) is 5.82 Å². The molecule has 1 saturated heterocycles. The molecule has 3 heterocycles. The molecule has 1 fully saturated rings. The minimum Gasteiger partial charge on any atom is -0.461 e. The molecule has 1 spiro atoms. The van der Waals surface area contributed by atoms with Crippen LogP contribution in [0.25, 0.3) is 0 Å². The van der Waals surface area contributed by atoms with Crippen molar-refractivity contribution < 1.29 is 23.5 Å². The Hall–Kier alpha value is -2.71. The van der Waals surface area contributed by atoms with Crippen LogP contribution in [0.15, 0.2) is 30.3 Å². The summed E-state index contributed by atoms with van der Waals surface area (Å²) in [6.07, 6.45) is 0. The first-order valence-corrected chi connectivity index (χ1v) is 10.1. The van der Waals surface area contributed by atoms with Crippen molar-refractivity contribution in [1.29, 1.82) is 0 Å². The largest absolute Gasteiger partial charge is 0.461 e. The van der Waals surface area contributed by atoms with Gasteiger partial charge < -0.3 is 18.9 Å². The van der Waals surface area contributed by atoms with Gasteiger partial charge in [0, 0.05) is 45.0 Å². The molecule has 0 atom stereocenters. The summed E-state index contributed by atoms with van der Waals surface area (Å²) < 4.78 is 27.0. The predicted octanol–water partition coefficient (Wildman–Crippen LogP) is 2.25. The van der Waals surface area contributed by atoms with Crippen molar-refractivity contribution >= 4 is 11.9 Å². The zero-order valence-corrected chi connectivity index (χ0v) is 17.5. The van der Waals surface area contributed by atoms with Gasteiger partial charge in [-0.1, -0.05) is 12.1 Å². The number of fused-ring (bicyclic) bond motifs is 2. The Kier molecular flexibility index (Phi) is 5.38. The van der Waals surface area contributed by atoms with Crippen LogP contribution in [0.3, 0.4) is 0 Å². The number of rotatable bonds is 5. The lowest BCUT2D eigenvalue weighted by Gasteiger charge is -2.52. The van der Waals surface area contributed by atoms with Crippen LogP contribution in [-0.2, 0) is 28.1 Å². The third-order valence-corrected chi connectivity index (χ3v) is 5.86. The smallest absolute Gasteiger partial charge is 0.358 e. The van der Waals surface area contributed by atoms with E-state index in [1.165, 1.54) is 6.07 Å². The molecule has 0 unspecified atom stereocenters. The van der Waals surface area contributed by atoms with E-state index in [1.807, 2.05) is 24.3 Å². The van der Waals surface area contributed by atoms with Gasteiger partial charge in [0.1, 0.15) is 5.54 Å². The van der Waals surface area contributed by atoms with Gasteiger partial charge in [0.25, 0.3) is 5.91 Å². The predicted molar refractivity (Wildman–Crippen MR) is 108 cm³/mol. The normalized spacial score (nSPS) is 17.3. The fraction of sp³-hybridized carbons (Fsp3) is 0.455. The van der Waals surface area contributed by atoms with Gasteiger partial charge in [-0.25, -0.2) is 9.18 Å². The quantitative estimate of drug-likeness (QED) is 0.701. The molecule has 2 aliphatic rings. The molecule has 0 aliphatic carbocycles. The van der Waals surface area contributed by atoms with Gasteiger partial charge in [0.05, 0.1) is 19.8 Å². The van der Waals surface area contributed by atoms with Crippen LogP contribution in [0.4, 0.5) is 4.39 Å². The highest BCUT2D eigenvalue weighted by Crippen LogP contribution is 2.41. The lowest BCUT2D eigenvalue weighted by atomic mass is 9.88. The first-order valence-electron chi connectivity index (χ1n) is 10.1. The highest BCUT2D eigenvalue weighted by Gasteiger charge is 2.51. The van der Waals surface area contributed by atoms with Gasteiger partial charge in [-0.3, -0.25) is 9.69 Å². The Morgan fingerprint density at radius 3 is 2.47 bits per heavy atom. The van der Waals surface area contributed by atoms with E-state index in [2.05, 4.69) is 4.90 Å². The number of amides is 1. The molecular weight excluding hydrogens is 389 g/mol. The second-order valence-electron chi connectivity index (χ2n) is 7.94. The molecule has 0 saturated carbocycles.